The third kappa shape index (κ3) is 3.82. The highest BCUT2D eigenvalue weighted by Gasteiger charge is 2.36. The number of carbonyl (C=O) groups is 2. The number of nitrogens with zero attached hydrogens (tertiary/aromatic N) is 4. The summed E-state index contributed by atoms with van der Waals surface area (Å²) in [6.45, 7) is 3.39. The highest BCUT2D eigenvalue weighted by molar-refractivity contribution is 8.03. The first-order chi connectivity index (χ1) is 15.0. The number of fused-ring (bicyclic) bond motifs is 1. The van der Waals surface area contributed by atoms with Gasteiger partial charge < -0.3 is 14.4 Å². The Balaban J connectivity index is 1.68. The summed E-state index contributed by atoms with van der Waals surface area (Å²) in [6.07, 6.45) is 5.87. The summed E-state index contributed by atoms with van der Waals surface area (Å²) in [5.74, 6) is -0.180. The lowest BCUT2D eigenvalue weighted by Gasteiger charge is -2.13. The minimum atomic E-state index is -0.771. The van der Waals surface area contributed by atoms with Crippen LogP contribution in [0.25, 0.3) is 0 Å². The Hall–Kier alpha value is -3.85. The molecule has 1 aromatic carbocycles. The Morgan fingerprint density at radius 3 is 2.77 bits per heavy atom. The van der Waals surface area contributed by atoms with E-state index in [1.807, 2.05) is 30.1 Å². The molecule has 0 saturated carbocycles. The highest BCUT2D eigenvalue weighted by Crippen LogP contribution is 2.46. The molecule has 2 aliphatic rings. The normalized spacial score (nSPS) is 17.7. The molecule has 4 rings (SSSR count). The van der Waals surface area contributed by atoms with Crippen molar-refractivity contribution in [2.75, 3.05) is 24.1 Å². The number of methoxy groups -OCH3 is 1. The number of aromatic nitrogens is 1. The lowest BCUT2D eigenvalue weighted by Crippen LogP contribution is -2.23. The molecule has 0 aliphatic carbocycles. The van der Waals surface area contributed by atoms with Gasteiger partial charge in [-0.25, -0.2) is 9.78 Å². The predicted octanol–water partition coefficient (Wildman–Crippen LogP) is 3.49. The first-order valence-corrected chi connectivity index (χ1v) is 10.0. The number of allylic oxidation sites excluding steroid dienone is 2. The van der Waals surface area contributed by atoms with Crippen LogP contribution in [0.2, 0.25) is 0 Å². The van der Waals surface area contributed by atoms with E-state index in [4.69, 9.17) is 9.47 Å². The zero-order valence-corrected chi connectivity index (χ0v) is 17.6. The van der Waals surface area contributed by atoms with Crippen LogP contribution in [-0.2, 0) is 14.3 Å². The van der Waals surface area contributed by atoms with Gasteiger partial charge in [0.15, 0.2) is 11.5 Å². The van der Waals surface area contributed by atoms with E-state index in [-0.39, 0.29) is 11.3 Å². The number of ether oxygens (including phenoxy) is 2. The molecule has 8 nitrogen and oxygen atoms in total. The van der Waals surface area contributed by atoms with Gasteiger partial charge in [-0.2, -0.15) is 10.1 Å². The van der Waals surface area contributed by atoms with E-state index >= 15 is 0 Å². The Bertz CT molecular complexity index is 1160. The van der Waals surface area contributed by atoms with E-state index in [1.54, 1.807) is 43.7 Å². The number of anilines is 2. The maximum Gasteiger partial charge on any atom is 0.364 e. The van der Waals surface area contributed by atoms with Crippen LogP contribution in [0, 0.1) is 0 Å². The SMILES string of the molecule is C=COC(=O)C1=NN(c2ccccn2)C(=O)/C1=C\C=C1\Sc2cc(OC)ccc2N1C. The van der Waals surface area contributed by atoms with E-state index in [0.717, 1.165) is 32.6 Å². The fraction of sp³-hybridized carbons (Fsp3) is 0.0909. The summed E-state index contributed by atoms with van der Waals surface area (Å²) in [6, 6.07) is 10.9. The molecule has 0 bridgehead atoms. The standard InChI is InChI=1S/C22H18N4O4S/c1-4-30-22(28)20-15(21(27)26(24-20)18-7-5-6-12-23-18)9-11-19-25(2)16-10-8-14(29-3)13-17(16)31-19/h4-13H,1H2,2-3H3/b15-9-,19-11+. The average molecular weight is 434 g/mol. The van der Waals surface area contributed by atoms with Crippen molar-refractivity contribution in [3.63, 3.8) is 0 Å². The van der Waals surface area contributed by atoms with Gasteiger partial charge in [0.05, 0.1) is 29.7 Å². The number of thioether (sulfide) groups is 1. The molecule has 9 heteroatoms. The Kier molecular flexibility index (Phi) is 5.59. The Morgan fingerprint density at radius 1 is 1.23 bits per heavy atom. The van der Waals surface area contributed by atoms with Crippen LogP contribution in [0.1, 0.15) is 0 Å². The quantitative estimate of drug-likeness (QED) is 0.405. The summed E-state index contributed by atoms with van der Waals surface area (Å²) >= 11 is 1.53. The highest BCUT2D eigenvalue weighted by atomic mass is 32.2. The second-order valence-electron chi connectivity index (χ2n) is 6.41. The minimum Gasteiger partial charge on any atom is -0.497 e. The predicted molar refractivity (Wildman–Crippen MR) is 119 cm³/mol. The maximum absolute atomic E-state index is 13.0. The monoisotopic (exact) mass is 434 g/mol. The topological polar surface area (TPSA) is 84.3 Å². The van der Waals surface area contributed by atoms with Crippen LogP contribution < -0.4 is 14.6 Å². The van der Waals surface area contributed by atoms with Crippen molar-refractivity contribution in [2.24, 2.45) is 5.10 Å². The van der Waals surface area contributed by atoms with Gasteiger partial charge in [0.2, 0.25) is 0 Å². The molecule has 0 atom stereocenters. The molecule has 3 heterocycles. The number of carbonyl (C=O) groups excluding carboxylic acids is 2. The number of esters is 1. The largest absolute Gasteiger partial charge is 0.497 e. The van der Waals surface area contributed by atoms with Crippen LogP contribution in [0.3, 0.4) is 0 Å². The molecule has 2 aromatic rings. The number of hydrogen-bond donors (Lipinski definition) is 0. The summed E-state index contributed by atoms with van der Waals surface area (Å²) < 4.78 is 10.1. The van der Waals surface area contributed by atoms with Crippen molar-refractivity contribution < 1.29 is 19.1 Å². The van der Waals surface area contributed by atoms with E-state index in [2.05, 4.69) is 16.7 Å². The van der Waals surface area contributed by atoms with E-state index in [0.29, 0.717) is 5.82 Å². The van der Waals surface area contributed by atoms with Crippen molar-refractivity contribution in [2.45, 2.75) is 4.90 Å². The number of hydrogen-bond acceptors (Lipinski definition) is 8. The smallest absolute Gasteiger partial charge is 0.364 e. The molecule has 0 unspecified atom stereocenters. The van der Waals surface area contributed by atoms with Gasteiger partial charge in [0.1, 0.15) is 5.75 Å². The Labute approximate surface area is 183 Å². The third-order valence-corrected chi connectivity index (χ3v) is 5.76. The van der Waals surface area contributed by atoms with Gasteiger partial charge in [-0.3, -0.25) is 4.79 Å². The summed E-state index contributed by atoms with van der Waals surface area (Å²) in [5.41, 5.74) is 1.01. The maximum atomic E-state index is 13.0. The summed E-state index contributed by atoms with van der Waals surface area (Å²) in [4.78, 5) is 32.5. The number of amides is 1. The average Bonchev–Trinajstić information content (AvgIpc) is 3.29. The molecule has 0 spiro atoms. The third-order valence-electron chi connectivity index (χ3n) is 4.59. The zero-order valence-electron chi connectivity index (χ0n) is 16.8. The molecule has 0 saturated heterocycles. The number of rotatable bonds is 5. The molecule has 0 N–H and O–H groups in total. The van der Waals surface area contributed by atoms with Crippen molar-refractivity contribution >= 4 is 40.9 Å². The molecule has 1 aromatic heterocycles. The van der Waals surface area contributed by atoms with Crippen molar-refractivity contribution in [1.82, 2.24) is 4.98 Å². The van der Waals surface area contributed by atoms with E-state index in [9.17, 15) is 9.59 Å². The Morgan fingerprint density at radius 2 is 2.06 bits per heavy atom. The molecule has 31 heavy (non-hydrogen) atoms. The number of hydrazone groups is 1. The van der Waals surface area contributed by atoms with Crippen LogP contribution in [0.15, 0.2) is 88.2 Å². The van der Waals surface area contributed by atoms with Crippen LogP contribution >= 0.6 is 11.8 Å². The second kappa shape index (κ2) is 8.49. The van der Waals surface area contributed by atoms with Crippen molar-refractivity contribution in [3.8, 4) is 5.75 Å². The molecular weight excluding hydrogens is 416 g/mol. The first kappa shape index (κ1) is 20.4. The second-order valence-corrected chi connectivity index (χ2v) is 7.47. The first-order valence-electron chi connectivity index (χ1n) is 9.21. The van der Waals surface area contributed by atoms with Crippen LogP contribution in [-0.4, -0.2) is 36.7 Å². The van der Waals surface area contributed by atoms with Gasteiger partial charge in [-0.15, -0.1) is 0 Å². The van der Waals surface area contributed by atoms with Gasteiger partial charge in [-0.05, 0) is 42.5 Å². The number of pyridine rings is 1. The van der Waals surface area contributed by atoms with Crippen LogP contribution in [0.5, 0.6) is 5.75 Å². The van der Waals surface area contributed by atoms with Crippen LogP contribution in [0.4, 0.5) is 11.5 Å². The fourth-order valence-corrected chi connectivity index (χ4v) is 4.14. The molecular formula is C22H18N4O4S. The van der Waals surface area contributed by atoms with Crippen molar-refractivity contribution in [3.05, 3.63) is 78.2 Å². The molecule has 0 radical (unpaired) electrons. The zero-order chi connectivity index (χ0) is 22.0. The molecule has 1 amide bonds. The minimum absolute atomic E-state index is 0.104. The lowest BCUT2D eigenvalue weighted by atomic mass is 10.1. The summed E-state index contributed by atoms with van der Waals surface area (Å²) in [7, 11) is 3.54. The van der Waals surface area contributed by atoms with Gasteiger partial charge in [0.25, 0.3) is 5.91 Å². The van der Waals surface area contributed by atoms with E-state index in [1.165, 1.54) is 11.8 Å². The lowest BCUT2D eigenvalue weighted by molar-refractivity contribution is -0.130. The molecule has 0 fully saturated rings. The molecule has 156 valence electrons. The van der Waals surface area contributed by atoms with Gasteiger partial charge in [0, 0.05) is 18.1 Å². The fourth-order valence-electron chi connectivity index (χ4n) is 3.06. The van der Waals surface area contributed by atoms with Gasteiger partial charge >= 0.3 is 5.97 Å². The summed E-state index contributed by atoms with van der Waals surface area (Å²) in [5, 5.41) is 6.10. The van der Waals surface area contributed by atoms with E-state index < -0.39 is 11.9 Å². The molecule has 2 aliphatic heterocycles. The van der Waals surface area contributed by atoms with Gasteiger partial charge in [-0.1, -0.05) is 24.4 Å². The number of benzene rings is 1. The van der Waals surface area contributed by atoms with Crippen molar-refractivity contribution in [1.29, 1.82) is 0 Å².